The molecule has 0 saturated carbocycles. The average molecular weight is 280 g/mol. The van der Waals surface area contributed by atoms with E-state index in [9.17, 15) is 15.3 Å². The number of nitrogens with one attached hydrogen (secondary N) is 1. The molecule has 0 bridgehead atoms. The Morgan fingerprint density at radius 3 is 2.50 bits per heavy atom. The van der Waals surface area contributed by atoms with E-state index in [2.05, 4.69) is 10.2 Å². The number of hydrogen-bond donors (Lipinski definition) is 4. The Hall–Kier alpha value is -1.30. The van der Waals surface area contributed by atoms with Crippen molar-refractivity contribution in [1.29, 1.82) is 0 Å². The van der Waals surface area contributed by atoms with Crippen LogP contribution in [0.2, 0.25) is 0 Å². The Kier molecular flexibility index (Phi) is 4.52. The molecule has 0 spiro atoms. The van der Waals surface area contributed by atoms with Crippen LogP contribution in [-0.2, 0) is 0 Å². The van der Waals surface area contributed by atoms with Crippen LogP contribution in [0, 0.1) is 5.41 Å². The Labute approximate surface area is 119 Å². The summed E-state index contributed by atoms with van der Waals surface area (Å²) in [5, 5.41) is 32.9. The molecule has 0 amide bonds. The third kappa shape index (κ3) is 3.06. The van der Waals surface area contributed by atoms with E-state index in [1.54, 1.807) is 6.07 Å². The Morgan fingerprint density at radius 2 is 1.90 bits per heavy atom. The molecular formula is C15H24N2O3. The summed E-state index contributed by atoms with van der Waals surface area (Å²) in [6, 6.07) is 4.44. The number of nitrogens with zero attached hydrogens (tertiary/aromatic N) is 1. The molecule has 112 valence electrons. The number of phenolic OH excluding ortho intramolecular Hbond substituents is 2. The van der Waals surface area contributed by atoms with Crippen LogP contribution in [0.4, 0.5) is 0 Å². The van der Waals surface area contributed by atoms with Crippen molar-refractivity contribution < 1.29 is 15.3 Å². The van der Waals surface area contributed by atoms with E-state index in [1.165, 1.54) is 12.1 Å². The van der Waals surface area contributed by atoms with Gasteiger partial charge in [0.1, 0.15) is 11.5 Å². The van der Waals surface area contributed by atoms with Gasteiger partial charge in [0.15, 0.2) is 0 Å². The first kappa shape index (κ1) is 15.1. The van der Waals surface area contributed by atoms with Gasteiger partial charge in [-0.25, -0.2) is 0 Å². The summed E-state index contributed by atoms with van der Waals surface area (Å²) in [6.45, 7) is 7.44. The molecule has 1 aromatic rings. The van der Waals surface area contributed by atoms with Crippen molar-refractivity contribution in [2.45, 2.75) is 19.9 Å². The van der Waals surface area contributed by atoms with Gasteiger partial charge in [0, 0.05) is 49.8 Å². The van der Waals surface area contributed by atoms with Gasteiger partial charge in [0.25, 0.3) is 0 Å². The van der Waals surface area contributed by atoms with E-state index in [-0.39, 0.29) is 24.1 Å². The van der Waals surface area contributed by atoms with Gasteiger partial charge in [-0.15, -0.1) is 0 Å². The summed E-state index contributed by atoms with van der Waals surface area (Å²) in [5.41, 5.74) is 0.258. The van der Waals surface area contributed by atoms with E-state index in [0.717, 1.165) is 26.2 Å². The smallest absolute Gasteiger partial charge is 0.120 e. The minimum Gasteiger partial charge on any atom is -0.508 e. The fourth-order valence-electron chi connectivity index (χ4n) is 2.90. The zero-order chi connectivity index (χ0) is 14.8. The van der Waals surface area contributed by atoms with Gasteiger partial charge >= 0.3 is 0 Å². The lowest BCUT2D eigenvalue weighted by atomic mass is 9.79. The average Bonchev–Trinajstić information content (AvgIpc) is 2.44. The lowest BCUT2D eigenvalue weighted by Crippen LogP contribution is -2.49. The molecule has 0 unspecified atom stereocenters. The summed E-state index contributed by atoms with van der Waals surface area (Å²) >= 11 is 0. The predicted molar refractivity (Wildman–Crippen MR) is 77.8 cm³/mol. The van der Waals surface area contributed by atoms with Crippen molar-refractivity contribution in [3.8, 4) is 11.5 Å². The summed E-state index contributed by atoms with van der Waals surface area (Å²) < 4.78 is 0. The molecule has 1 aromatic carbocycles. The summed E-state index contributed by atoms with van der Waals surface area (Å²) in [5.74, 6) is 0.291. The molecule has 1 fully saturated rings. The monoisotopic (exact) mass is 280 g/mol. The molecule has 0 aromatic heterocycles. The SMILES string of the molecule is CC(C)(CO)[C@@H](c1cc(O)ccc1O)N1CCNCC1. The molecule has 4 N–H and O–H groups in total. The van der Waals surface area contributed by atoms with Crippen molar-refractivity contribution in [3.05, 3.63) is 23.8 Å². The van der Waals surface area contributed by atoms with Gasteiger partial charge in [0.05, 0.1) is 0 Å². The van der Waals surface area contributed by atoms with Crippen LogP contribution in [0.25, 0.3) is 0 Å². The maximum atomic E-state index is 10.2. The third-order valence-electron chi connectivity index (χ3n) is 3.97. The predicted octanol–water partition coefficient (Wildman–Crippen LogP) is 1.06. The van der Waals surface area contributed by atoms with E-state index in [0.29, 0.717) is 5.56 Å². The lowest BCUT2D eigenvalue weighted by Gasteiger charge is -2.43. The standard InChI is InChI=1S/C15H24N2O3/c1-15(2,10-18)14(17-7-5-16-6-8-17)12-9-11(19)3-4-13(12)20/h3-4,9,14,16,18-20H,5-8,10H2,1-2H3/t14-/m1/s1. The first-order chi connectivity index (χ1) is 9.45. The number of benzene rings is 1. The van der Waals surface area contributed by atoms with Crippen LogP contribution in [0.15, 0.2) is 18.2 Å². The Morgan fingerprint density at radius 1 is 1.25 bits per heavy atom. The number of aromatic hydroxyl groups is 2. The molecule has 1 aliphatic rings. The number of hydrogen-bond acceptors (Lipinski definition) is 5. The number of phenols is 2. The van der Waals surface area contributed by atoms with E-state index < -0.39 is 5.41 Å². The normalized spacial score (nSPS) is 18.9. The van der Waals surface area contributed by atoms with Crippen LogP contribution >= 0.6 is 0 Å². The molecular weight excluding hydrogens is 256 g/mol. The third-order valence-corrected chi connectivity index (χ3v) is 3.97. The Balaban J connectivity index is 2.42. The van der Waals surface area contributed by atoms with E-state index >= 15 is 0 Å². The largest absolute Gasteiger partial charge is 0.508 e. The van der Waals surface area contributed by atoms with E-state index in [4.69, 9.17) is 0 Å². The van der Waals surface area contributed by atoms with Crippen molar-refractivity contribution >= 4 is 0 Å². The second-order valence-corrected chi connectivity index (χ2v) is 6.08. The summed E-state index contributed by atoms with van der Waals surface area (Å²) in [4.78, 5) is 2.25. The molecule has 5 heteroatoms. The second-order valence-electron chi connectivity index (χ2n) is 6.08. The minimum atomic E-state index is -0.414. The van der Waals surface area contributed by atoms with Crippen molar-refractivity contribution in [3.63, 3.8) is 0 Å². The van der Waals surface area contributed by atoms with Crippen LogP contribution < -0.4 is 5.32 Å². The molecule has 0 radical (unpaired) electrons. The van der Waals surface area contributed by atoms with Crippen molar-refractivity contribution in [2.75, 3.05) is 32.8 Å². The molecule has 1 saturated heterocycles. The molecule has 20 heavy (non-hydrogen) atoms. The first-order valence-corrected chi connectivity index (χ1v) is 7.03. The number of aliphatic hydroxyl groups excluding tert-OH is 1. The molecule has 5 nitrogen and oxygen atoms in total. The summed E-state index contributed by atoms with van der Waals surface area (Å²) in [7, 11) is 0. The number of rotatable bonds is 4. The van der Waals surface area contributed by atoms with Gasteiger partial charge in [-0.2, -0.15) is 0 Å². The maximum absolute atomic E-state index is 10.2. The number of piperazine rings is 1. The fourth-order valence-corrected chi connectivity index (χ4v) is 2.90. The van der Waals surface area contributed by atoms with Gasteiger partial charge < -0.3 is 20.6 Å². The molecule has 1 atom stereocenters. The molecule has 0 aliphatic carbocycles. The highest BCUT2D eigenvalue weighted by Crippen LogP contribution is 2.42. The Bertz CT molecular complexity index is 456. The highest BCUT2D eigenvalue weighted by Gasteiger charge is 2.37. The van der Waals surface area contributed by atoms with Crippen molar-refractivity contribution in [1.82, 2.24) is 10.2 Å². The second kappa shape index (κ2) is 5.99. The number of aliphatic hydroxyl groups is 1. The molecule has 1 aliphatic heterocycles. The van der Waals surface area contributed by atoms with Gasteiger partial charge in [-0.3, -0.25) is 4.90 Å². The topological polar surface area (TPSA) is 76.0 Å². The van der Waals surface area contributed by atoms with Crippen LogP contribution in [0.3, 0.4) is 0 Å². The first-order valence-electron chi connectivity index (χ1n) is 7.03. The van der Waals surface area contributed by atoms with Gasteiger partial charge in [-0.1, -0.05) is 13.8 Å². The van der Waals surface area contributed by atoms with E-state index in [1.807, 2.05) is 13.8 Å². The lowest BCUT2D eigenvalue weighted by molar-refractivity contribution is 0.0292. The van der Waals surface area contributed by atoms with Crippen LogP contribution in [0.5, 0.6) is 11.5 Å². The molecule has 2 rings (SSSR count). The highest BCUT2D eigenvalue weighted by molar-refractivity contribution is 5.41. The minimum absolute atomic E-state index is 0.0106. The quantitative estimate of drug-likeness (QED) is 0.621. The summed E-state index contributed by atoms with van der Waals surface area (Å²) in [6.07, 6.45) is 0. The zero-order valence-corrected chi connectivity index (χ0v) is 12.1. The van der Waals surface area contributed by atoms with Crippen LogP contribution in [0.1, 0.15) is 25.5 Å². The van der Waals surface area contributed by atoms with Gasteiger partial charge in [0.2, 0.25) is 0 Å². The van der Waals surface area contributed by atoms with Crippen LogP contribution in [-0.4, -0.2) is 53.0 Å². The van der Waals surface area contributed by atoms with Gasteiger partial charge in [-0.05, 0) is 18.2 Å². The highest BCUT2D eigenvalue weighted by atomic mass is 16.3. The van der Waals surface area contributed by atoms with Crippen molar-refractivity contribution in [2.24, 2.45) is 5.41 Å². The zero-order valence-electron chi connectivity index (χ0n) is 12.1. The fraction of sp³-hybridized carbons (Fsp3) is 0.600. The maximum Gasteiger partial charge on any atom is 0.120 e. The molecule has 1 heterocycles.